The van der Waals surface area contributed by atoms with Crippen molar-refractivity contribution in [1.82, 2.24) is 0 Å². The molecule has 0 spiro atoms. The highest BCUT2D eigenvalue weighted by Gasteiger charge is 2.42. The molecule has 2 N–H and O–H groups in total. The average molecular weight is 241 g/mol. The number of hydrogen-bond donors (Lipinski definition) is 1. The van der Waals surface area contributed by atoms with Gasteiger partial charge >= 0.3 is 0 Å². The Labute approximate surface area is 105 Å². The van der Waals surface area contributed by atoms with Crippen molar-refractivity contribution in [2.24, 2.45) is 11.7 Å². The molecule has 0 bridgehead atoms. The maximum absolute atomic E-state index is 6.56. The lowest BCUT2D eigenvalue weighted by Gasteiger charge is -2.45. The van der Waals surface area contributed by atoms with E-state index in [1.807, 2.05) is 0 Å². The predicted molar refractivity (Wildman–Crippen MR) is 69.0 cm³/mol. The Morgan fingerprint density at radius 2 is 1.88 bits per heavy atom. The van der Waals surface area contributed by atoms with Gasteiger partial charge in [-0.05, 0) is 25.7 Å². The van der Waals surface area contributed by atoms with Crippen molar-refractivity contribution in [2.45, 2.75) is 63.5 Å². The Morgan fingerprint density at radius 3 is 2.47 bits per heavy atom. The smallest absolute Gasteiger partial charge is 0.0878 e. The van der Waals surface area contributed by atoms with Gasteiger partial charge in [0.15, 0.2) is 0 Å². The maximum Gasteiger partial charge on any atom is 0.0878 e. The summed E-state index contributed by atoms with van der Waals surface area (Å²) in [5.74, 6) is 0.661. The molecule has 1 unspecified atom stereocenters. The summed E-state index contributed by atoms with van der Waals surface area (Å²) in [4.78, 5) is 0. The van der Waals surface area contributed by atoms with Gasteiger partial charge in [-0.25, -0.2) is 0 Å². The summed E-state index contributed by atoms with van der Waals surface area (Å²) in [5, 5.41) is 0. The second kappa shape index (κ2) is 6.17. The van der Waals surface area contributed by atoms with Gasteiger partial charge in [-0.15, -0.1) is 0 Å². The van der Waals surface area contributed by atoms with Gasteiger partial charge in [0, 0.05) is 38.7 Å². The van der Waals surface area contributed by atoms with Crippen molar-refractivity contribution in [2.75, 3.05) is 19.8 Å². The Balaban J connectivity index is 2.02. The number of nitrogens with two attached hydrogens (primary N) is 1. The van der Waals surface area contributed by atoms with Gasteiger partial charge in [0.2, 0.25) is 0 Å². The van der Waals surface area contributed by atoms with Gasteiger partial charge in [0.05, 0.1) is 5.60 Å². The van der Waals surface area contributed by atoms with Gasteiger partial charge in [-0.3, -0.25) is 0 Å². The van der Waals surface area contributed by atoms with Crippen molar-refractivity contribution < 1.29 is 9.47 Å². The molecular weight excluding hydrogens is 214 g/mol. The third kappa shape index (κ3) is 3.01. The zero-order valence-corrected chi connectivity index (χ0v) is 11.1. The highest BCUT2D eigenvalue weighted by molar-refractivity contribution is 4.97. The van der Waals surface area contributed by atoms with E-state index in [-0.39, 0.29) is 11.6 Å². The first-order valence-electron chi connectivity index (χ1n) is 7.26. The quantitative estimate of drug-likeness (QED) is 0.822. The zero-order chi connectivity index (χ0) is 12.1. The molecule has 2 rings (SSSR count). The summed E-state index contributed by atoms with van der Waals surface area (Å²) in [7, 11) is 0. The molecular formula is C14H27NO2. The lowest BCUT2D eigenvalue weighted by atomic mass is 9.74. The third-order valence-corrected chi connectivity index (χ3v) is 4.54. The van der Waals surface area contributed by atoms with Crippen LogP contribution in [0.25, 0.3) is 0 Å². The molecule has 17 heavy (non-hydrogen) atoms. The molecule has 2 aliphatic rings. The number of ether oxygens (including phenoxy) is 2. The molecule has 1 atom stereocenters. The molecule has 0 amide bonds. The third-order valence-electron chi connectivity index (χ3n) is 4.54. The molecule has 1 heterocycles. The number of hydrogen-bond acceptors (Lipinski definition) is 3. The lowest BCUT2D eigenvalue weighted by Crippen LogP contribution is -2.57. The Kier molecular flexibility index (Phi) is 4.83. The van der Waals surface area contributed by atoms with E-state index >= 15 is 0 Å². The molecule has 0 aromatic carbocycles. The highest BCUT2D eigenvalue weighted by atomic mass is 16.5. The summed E-state index contributed by atoms with van der Waals surface area (Å²) in [6.07, 6.45) is 8.59. The Morgan fingerprint density at radius 1 is 1.24 bits per heavy atom. The molecule has 3 nitrogen and oxygen atoms in total. The summed E-state index contributed by atoms with van der Waals surface area (Å²) in [6, 6.07) is 0.201. The van der Waals surface area contributed by atoms with Crippen LogP contribution in [-0.4, -0.2) is 31.5 Å². The van der Waals surface area contributed by atoms with E-state index in [9.17, 15) is 0 Å². The fourth-order valence-electron chi connectivity index (χ4n) is 3.50. The van der Waals surface area contributed by atoms with Crippen LogP contribution in [-0.2, 0) is 9.47 Å². The van der Waals surface area contributed by atoms with E-state index in [4.69, 9.17) is 15.2 Å². The molecule has 2 fully saturated rings. The monoisotopic (exact) mass is 241 g/mol. The standard InChI is InChI=1S/C14H27NO2/c1-2-17-14(8-10-16-11-9-14)13(15)12-6-4-3-5-7-12/h12-13H,2-11,15H2,1H3. The van der Waals surface area contributed by atoms with Crippen LogP contribution in [0.15, 0.2) is 0 Å². The Hall–Kier alpha value is -0.120. The minimum Gasteiger partial charge on any atom is -0.381 e. The SMILES string of the molecule is CCOC1(C(N)C2CCCCC2)CCOCC1. The van der Waals surface area contributed by atoms with E-state index in [1.165, 1.54) is 32.1 Å². The summed E-state index contributed by atoms with van der Waals surface area (Å²) >= 11 is 0. The van der Waals surface area contributed by atoms with Crippen molar-refractivity contribution in [3.8, 4) is 0 Å². The molecule has 100 valence electrons. The lowest BCUT2D eigenvalue weighted by molar-refractivity contribution is -0.131. The fraction of sp³-hybridized carbons (Fsp3) is 1.00. The van der Waals surface area contributed by atoms with Crippen LogP contribution in [0.3, 0.4) is 0 Å². The van der Waals surface area contributed by atoms with E-state index in [0.29, 0.717) is 5.92 Å². The van der Waals surface area contributed by atoms with E-state index in [0.717, 1.165) is 32.7 Å². The first-order valence-corrected chi connectivity index (χ1v) is 7.26. The minimum absolute atomic E-state index is 0.102. The van der Waals surface area contributed by atoms with Crippen LogP contribution >= 0.6 is 0 Å². The molecule has 3 heteroatoms. The molecule has 1 saturated heterocycles. The van der Waals surface area contributed by atoms with Crippen molar-refractivity contribution >= 4 is 0 Å². The molecule has 0 radical (unpaired) electrons. The van der Waals surface area contributed by atoms with Gasteiger partial charge in [-0.2, -0.15) is 0 Å². The maximum atomic E-state index is 6.56. The van der Waals surface area contributed by atoms with Gasteiger partial charge in [0.1, 0.15) is 0 Å². The zero-order valence-electron chi connectivity index (χ0n) is 11.1. The molecule has 1 saturated carbocycles. The van der Waals surface area contributed by atoms with E-state index in [1.54, 1.807) is 0 Å². The molecule has 1 aliphatic heterocycles. The highest BCUT2D eigenvalue weighted by Crippen LogP contribution is 2.36. The van der Waals surface area contributed by atoms with Gasteiger partial charge < -0.3 is 15.2 Å². The van der Waals surface area contributed by atoms with Crippen molar-refractivity contribution in [1.29, 1.82) is 0 Å². The van der Waals surface area contributed by atoms with Crippen molar-refractivity contribution in [3.63, 3.8) is 0 Å². The normalized spacial score (nSPS) is 27.9. The molecule has 0 aromatic heterocycles. The number of rotatable bonds is 4. The summed E-state index contributed by atoms with van der Waals surface area (Å²) in [5.41, 5.74) is 6.46. The van der Waals surface area contributed by atoms with Crippen LogP contribution in [0.4, 0.5) is 0 Å². The topological polar surface area (TPSA) is 44.5 Å². The second-order valence-corrected chi connectivity index (χ2v) is 5.53. The summed E-state index contributed by atoms with van der Waals surface area (Å²) < 4.78 is 11.6. The van der Waals surface area contributed by atoms with Crippen LogP contribution in [0, 0.1) is 5.92 Å². The second-order valence-electron chi connectivity index (χ2n) is 5.53. The van der Waals surface area contributed by atoms with Gasteiger partial charge in [0.25, 0.3) is 0 Å². The first kappa shape index (κ1) is 13.3. The first-order chi connectivity index (χ1) is 8.28. The van der Waals surface area contributed by atoms with Gasteiger partial charge in [-0.1, -0.05) is 19.3 Å². The largest absolute Gasteiger partial charge is 0.381 e. The summed E-state index contributed by atoms with van der Waals surface area (Å²) in [6.45, 7) is 4.45. The van der Waals surface area contributed by atoms with Crippen LogP contribution in [0.2, 0.25) is 0 Å². The molecule has 0 aromatic rings. The Bertz CT molecular complexity index is 215. The molecule has 1 aliphatic carbocycles. The minimum atomic E-state index is -0.102. The van der Waals surface area contributed by atoms with Crippen LogP contribution < -0.4 is 5.73 Å². The van der Waals surface area contributed by atoms with E-state index < -0.39 is 0 Å². The van der Waals surface area contributed by atoms with Crippen LogP contribution in [0.5, 0.6) is 0 Å². The predicted octanol–water partition coefficient (Wildman–Crippen LogP) is 2.48. The average Bonchev–Trinajstić information content (AvgIpc) is 2.40. The fourth-order valence-corrected chi connectivity index (χ4v) is 3.50. The van der Waals surface area contributed by atoms with Crippen LogP contribution in [0.1, 0.15) is 51.9 Å². The van der Waals surface area contributed by atoms with Crippen molar-refractivity contribution in [3.05, 3.63) is 0 Å². The van der Waals surface area contributed by atoms with E-state index in [2.05, 4.69) is 6.92 Å².